The van der Waals surface area contributed by atoms with Crippen LogP contribution in [-0.2, 0) is 24.2 Å². The molecule has 1 saturated heterocycles. The van der Waals surface area contributed by atoms with Crippen LogP contribution >= 0.6 is 11.3 Å². The molecule has 1 aliphatic heterocycles. The quantitative estimate of drug-likeness (QED) is 0.878. The highest BCUT2D eigenvalue weighted by Crippen LogP contribution is 2.39. The van der Waals surface area contributed by atoms with E-state index in [1.165, 1.54) is 23.3 Å². The number of carbonyl (C=O) groups excluding carboxylic acids is 1. The first-order valence-electron chi connectivity index (χ1n) is 10.1. The molecule has 27 heavy (non-hydrogen) atoms. The number of fused-ring (bicyclic) bond motifs is 3. The molecule has 0 spiro atoms. The van der Waals surface area contributed by atoms with Gasteiger partial charge >= 0.3 is 0 Å². The molecule has 5 rings (SSSR count). The molecule has 2 fully saturated rings. The lowest BCUT2D eigenvalue weighted by atomic mass is 9.97. The van der Waals surface area contributed by atoms with Crippen molar-refractivity contribution in [1.29, 1.82) is 0 Å². The third-order valence-electron chi connectivity index (χ3n) is 6.36. The van der Waals surface area contributed by atoms with E-state index in [4.69, 9.17) is 4.98 Å². The second kappa shape index (κ2) is 6.71. The topological polar surface area (TPSA) is 69.3 Å². The molecule has 0 bridgehead atoms. The molecule has 1 amide bonds. The van der Waals surface area contributed by atoms with Gasteiger partial charge in [-0.15, -0.1) is 11.3 Å². The molecule has 7 heteroatoms. The van der Waals surface area contributed by atoms with Crippen LogP contribution < -0.4 is 5.56 Å². The molecule has 2 aromatic rings. The van der Waals surface area contributed by atoms with E-state index in [1.54, 1.807) is 11.3 Å². The van der Waals surface area contributed by atoms with Gasteiger partial charge in [-0.25, -0.2) is 4.98 Å². The highest BCUT2D eigenvalue weighted by Gasteiger charge is 2.41. The maximum absolute atomic E-state index is 12.7. The van der Waals surface area contributed by atoms with Crippen molar-refractivity contribution in [3.63, 3.8) is 0 Å². The van der Waals surface area contributed by atoms with E-state index in [0.717, 1.165) is 61.5 Å². The van der Waals surface area contributed by atoms with Crippen molar-refractivity contribution in [2.75, 3.05) is 26.2 Å². The minimum atomic E-state index is 0.0194. The Bertz CT molecular complexity index is 941. The summed E-state index contributed by atoms with van der Waals surface area (Å²) >= 11 is 1.70. The van der Waals surface area contributed by atoms with Gasteiger partial charge in [0.25, 0.3) is 5.56 Å². The number of aromatic nitrogens is 2. The van der Waals surface area contributed by atoms with E-state index in [9.17, 15) is 9.59 Å². The number of H-pyrrole nitrogens is 1. The summed E-state index contributed by atoms with van der Waals surface area (Å²) in [6.45, 7) is 6.05. The fourth-order valence-corrected chi connectivity index (χ4v) is 5.80. The number of piperazine rings is 1. The lowest BCUT2D eigenvalue weighted by molar-refractivity contribution is -0.134. The molecular formula is C20H26N4O2S. The van der Waals surface area contributed by atoms with E-state index in [-0.39, 0.29) is 11.5 Å². The van der Waals surface area contributed by atoms with Crippen LogP contribution in [0.25, 0.3) is 10.2 Å². The molecule has 0 unspecified atom stereocenters. The SMILES string of the molecule is C[C@@H]1C[C@@H]1C(=O)N1CCN(Cc2nc3sc4c(c3c(=O)[nH]2)CCCC4)CC1. The molecule has 6 nitrogen and oxygen atoms in total. The number of thiophene rings is 1. The molecule has 1 N–H and O–H groups in total. The van der Waals surface area contributed by atoms with Crippen molar-refractivity contribution in [2.24, 2.45) is 11.8 Å². The lowest BCUT2D eigenvalue weighted by Gasteiger charge is -2.34. The van der Waals surface area contributed by atoms with Gasteiger partial charge in [-0.3, -0.25) is 14.5 Å². The number of amides is 1. The van der Waals surface area contributed by atoms with Crippen LogP contribution in [0.3, 0.4) is 0 Å². The number of aromatic amines is 1. The number of carbonyl (C=O) groups is 1. The minimum Gasteiger partial charge on any atom is -0.340 e. The molecule has 2 aliphatic carbocycles. The summed E-state index contributed by atoms with van der Waals surface area (Å²) in [5, 5.41) is 0.826. The summed E-state index contributed by atoms with van der Waals surface area (Å²) in [4.78, 5) is 39.4. The lowest BCUT2D eigenvalue weighted by Crippen LogP contribution is -2.49. The zero-order valence-electron chi connectivity index (χ0n) is 15.8. The molecule has 2 aromatic heterocycles. The Labute approximate surface area is 162 Å². The van der Waals surface area contributed by atoms with Gasteiger partial charge in [-0.05, 0) is 43.6 Å². The van der Waals surface area contributed by atoms with Crippen LogP contribution in [0.4, 0.5) is 0 Å². The molecule has 0 aromatic carbocycles. The Morgan fingerprint density at radius 2 is 1.96 bits per heavy atom. The molecule has 144 valence electrons. The van der Waals surface area contributed by atoms with Gasteiger partial charge in [0.1, 0.15) is 10.7 Å². The number of nitrogens with zero attached hydrogens (tertiary/aromatic N) is 3. The van der Waals surface area contributed by atoms with Crippen LogP contribution in [-0.4, -0.2) is 51.9 Å². The van der Waals surface area contributed by atoms with E-state index in [1.807, 2.05) is 4.90 Å². The fraction of sp³-hybridized carbons (Fsp3) is 0.650. The van der Waals surface area contributed by atoms with Crippen molar-refractivity contribution < 1.29 is 4.79 Å². The number of rotatable bonds is 3. The van der Waals surface area contributed by atoms with Crippen molar-refractivity contribution in [3.8, 4) is 0 Å². The van der Waals surface area contributed by atoms with Gasteiger partial charge in [0.05, 0.1) is 11.9 Å². The minimum absolute atomic E-state index is 0.0194. The third kappa shape index (κ3) is 3.21. The van der Waals surface area contributed by atoms with Gasteiger partial charge in [0, 0.05) is 37.0 Å². The van der Waals surface area contributed by atoms with Crippen molar-refractivity contribution >= 4 is 27.5 Å². The Balaban J connectivity index is 1.28. The summed E-state index contributed by atoms with van der Waals surface area (Å²) in [6.07, 6.45) is 5.53. The van der Waals surface area contributed by atoms with E-state index >= 15 is 0 Å². The fourth-order valence-electron chi connectivity index (χ4n) is 4.52. The highest BCUT2D eigenvalue weighted by atomic mass is 32.1. The number of hydrogen-bond donors (Lipinski definition) is 1. The van der Waals surface area contributed by atoms with E-state index in [2.05, 4.69) is 16.8 Å². The van der Waals surface area contributed by atoms with Crippen LogP contribution in [0.5, 0.6) is 0 Å². The van der Waals surface area contributed by atoms with Crippen LogP contribution in [0.1, 0.15) is 42.5 Å². The summed E-state index contributed by atoms with van der Waals surface area (Å²) < 4.78 is 0. The Morgan fingerprint density at radius 3 is 2.70 bits per heavy atom. The Hall–Kier alpha value is -1.73. The molecule has 3 aliphatic rings. The summed E-state index contributed by atoms with van der Waals surface area (Å²) in [5.41, 5.74) is 1.26. The van der Waals surface area contributed by atoms with Crippen LogP contribution in [0, 0.1) is 11.8 Å². The zero-order valence-corrected chi connectivity index (χ0v) is 16.6. The maximum atomic E-state index is 12.7. The van der Waals surface area contributed by atoms with Crippen molar-refractivity contribution in [3.05, 3.63) is 26.6 Å². The van der Waals surface area contributed by atoms with Crippen molar-refractivity contribution in [1.82, 2.24) is 19.8 Å². The largest absolute Gasteiger partial charge is 0.340 e. The molecule has 0 radical (unpaired) electrons. The second-order valence-corrected chi connectivity index (χ2v) is 9.41. The molecular weight excluding hydrogens is 360 g/mol. The summed E-state index contributed by atoms with van der Waals surface area (Å²) in [7, 11) is 0. The van der Waals surface area contributed by atoms with Crippen LogP contribution in [0.15, 0.2) is 4.79 Å². The van der Waals surface area contributed by atoms with Gasteiger partial charge in [0.15, 0.2) is 0 Å². The van der Waals surface area contributed by atoms with Crippen LogP contribution in [0.2, 0.25) is 0 Å². The zero-order chi connectivity index (χ0) is 18.5. The monoisotopic (exact) mass is 386 g/mol. The number of nitrogens with one attached hydrogen (secondary N) is 1. The van der Waals surface area contributed by atoms with Gasteiger partial charge < -0.3 is 9.88 Å². The first kappa shape index (κ1) is 17.4. The van der Waals surface area contributed by atoms with Crippen molar-refractivity contribution in [2.45, 2.75) is 45.6 Å². The predicted octanol–water partition coefficient (Wildman–Crippen LogP) is 2.16. The predicted molar refractivity (Wildman–Crippen MR) is 106 cm³/mol. The molecule has 1 saturated carbocycles. The molecule has 2 atom stereocenters. The smallest absolute Gasteiger partial charge is 0.259 e. The number of hydrogen-bond acceptors (Lipinski definition) is 5. The standard InChI is InChI=1S/C20H26N4O2S/c1-12-10-14(12)20(26)24-8-6-23(7-9-24)11-16-21-18(25)17-13-4-2-3-5-15(13)27-19(17)22-16/h12,14H,2-11H2,1H3,(H,21,22,25)/t12-,14+/m1/s1. The van der Waals surface area contributed by atoms with Gasteiger partial charge in [0.2, 0.25) is 5.91 Å². The molecule has 3 heterocycles. The first-order chi connectivity index (χ1) is 13.1. The van der Waals surface area contributed by atoms with E-state index in [0.29, 0.717) is 18.4 Å². The second-order valence-electron chi connectivity index (χ2n) is 8.32. The Kier molecular flexibility index (Phi) is 4.31. The first-order valence-corrected chi connectivity index (χ1v) is 11.0. The average Bonchev–Trinajstić information content (AvgIpc) is 3.27. The van der Waals surface area contributed by atoms with Gasteiger partial charge in [-0.1, -0.05) is 6.92 Å². The maximum Gasteiger partial charge on any atom is 0.259 e. The van der Waals surface area contributed by atoms with Gasteiger partial charge in [-0.2, -0.15) is 0 Å². The summed E-state index contributed by atoms with van der Waals surface area (Å²) in [6, 6.07) is 0. The Morgan fingerprint density at radius 1 is 1.22 bits per heavy atom. The highest BCUT2D eigenvalue weighted by molar-refractivity contribution is 7.18. The third-order valence-corrected chi connectivity index (χ3v) is 7.54. The number of aryl methyl sites for hydroxylation is 2. The normalized spacial score (nSPS) is 25.6. The summed E-state index contributed by atoms with van der Waals surface area (Å²) in [5.74, 6) is 1.91. The van der Waals surface area contributed by atoms with E-state index < -0.39 is 0 Å². The average molecular weight is 387 g/mol.